The van der Waals surface area contributed by atoms with Gasteiger partial charge in [-0.2, -0.15) is 0 Å². The molecule has 16 heavy (non-hydrogen) atoms. The van der Waals surface area contributed by atoms with Crippen LogP contribution in [0.4, 0.5) is 0 Å². The van der Waals surface area contributed by atoms with E-state index < -0.39 is 6.10 Å². The fourth-order valence-electron chi connectivity index (χ4n) is 1.52. The van der Waals surface area contributed by atoms with Gasteiger partial charge in [-0.3, -0.25) is 4.98 Å². The van der Waals surface area contributed by atoms with E-state index in [9.17, 15) is 5.11 Å². The summed E-state index contributed by atoms with van der Waals surface area (Å²) in [6, 6.07) is 7.39. The second-order valence-corrected chi connectivity index (χ2v) is 4.41. The number of hydrogen-bond acceptors (Lipinski definition) is 3. The Bertz CT molecular complexity index is 481. The Morgan fingerprint density at radius 3 is 2.88 bits per heavy atom. The van der Waals surface area contributed by atoms with Gasteiger partial charge in [0, 0.05) is 18.3 Å². The first-order chi connectivity index (χ1) is 7.66. The molecule has 3 nitrogen and oxygen atoms in total. The molecule has 2 aromatic rings. The third kappa shape index (κ3) is 2.51. The molecule has 0 amide bonds. The molecule has 0 saturated heterocycles. The molecule has 0 bridgehead atoms. The monoisotopic (exact) mass is 281 g/mol. The molecule has 0 saturated carbocycles. The predicted molar refractivity (Wildman–Crippen MR) is 64.0 cm³/mol. The first-order valence-electron chi connectivity index (χ1n) is 5.00. The second kappa shape index (κ2) is 4.80. The van der Waals surface area contributed by atoms with Crippen LogP contribution in [0.15, 0.2) is 39.5 Å². The van der Waals surface area contributed by atoms with Gasteiger partial charge in [0.2, 0.25) is 0 Å². The predicted octanol–water partition coefficient (Wildman–Crippen LogP) is 3.02. The summed E-state index contributed by atoms with van der Waals surface area (Å²) < 4.78 is 5.92. The molecular weight excluding hydrogens is 270 g/mol. The molecule has 0 aliphatic heterocycles. The van der Waals surface area contributed by atoms with E-state index in [-0.39, 0.29) is 0 Å². The van der Waals surface area contributed by atoms with Gasteiger partial charge in [0.15, 0.2) is 4.67 Å². The van der Waals surface area contributed by atoms with Crippen molar-refractivity contribution in [1.29, 1.82) is 0 Å². The Morgan fingerprint density at radius 1 is 1.44 bits per heavy atom. The Hall–Kier alpha value is -1.13. The van der Waals surface area contributed by atoms with Crippen molar-refractivity contribution in [2.24, 2.45) is 0 Å². The fourth-order valence-corrected chi connectivity index (χ4v) is 1.84. The Labute approximate surface area is 102 Å². The molecule has 84 valence electrons. The normalized spacial score (nSPS) is 12.7. The van der Waals surface area contributed by atoms with E-state index >= 15 is 0 Å². The summed E-state index contributed by atoms with van der Waals surface area (Å²) in [5.41, 5.74) is 1.97. The molecule has 0 aliphatic rings. The average Bonchev–Trinajstić information content (AvgIpc) is 2.68. The maximum Gasteiger partial charge on any atom is 0.169 e. The molecule has 1 atom stereocenters. The molecule has 1 unspecified atom stereocenters. The van der Waals surface area contributed by atoms with Crippen LogP contribution in [0.25, 0.3) is 0 Å². The van der Waals surface area contributed by atoms with Crippen LogP contribution in [-0.2, 0) is 6.42 Å². The summed E-state index contributed by atoms with van der Waals surface area (Å²) in [5, 5.41) is 9.96. The third-order valence-electron chi connectivity index (χ3n) is 2.43. The number of aryl methyl sites for hydroxylation is 1. The zero-order valence-electron chi connectivity index (χ0n) is 8.85. The lowest BCUT2D eigenvalue weighted by molar-refractivity contribution is 0.147. The van der Waals surface area contributed by atoms with Crippen molar-refractivity contribution in [3.8, 4) is 0 Å². The Balaban J connectivity index is 2.13. The van der Waals surface area contributed by atoms with Gasteiger partial charge >= 0.3 is 0 Å². The lowest BCUT2D eigenvalue weighted by Crippen LogP contribution is -2.03. The molecule has 0 radical (unpaired) electrons. The van der Waals surface area contributed by atoms with Crippen molar-refractivity contribution in [3.63, 3.8) is 0 Å². The van der Waals surface area contributed by atoms with Crippen LogP contribution in [0.3, 0.4) is 0 Å². The number of nitrogens with zero attached hydrogens (tertiary/aromatic N) is 1. The first-order valence-corrected chi connectivity index (χ1v) is 5.80. The van der Waals surface area contributed by atoms with Gasteiger partial charge in [0.25, 0.3) is 0 Å². The zero-order chi connectivity index (χ0) is 11.5. The van der Waals surface area contributed by atoms with Crippen LogP contribution in [0.2, 0.25) is 0 Å². The molecule has 2 rings (SSSR count). The van der Waals surface area contributed by atoms with Gasteiger partial charge in [-0.1, -0.05) is 6.07 Å². The summed E-state index contributed by atoms with van der Waals surface area (Å²) in [4.78, 5) is 4.24. The number of hydrogen-bond donors (Lipinski definition) is 1. The van der Waals surface area contributed by atoms with Gasteiger partial charge in [-0.05, 0) is 46.6 Å². The summed E-state index contributed by atoms with van der Waals surface area (Å²) in [6.07, 6.45) is 1.54. The Morgan fingerprint density at radius 2 is 2.25 bits per heavy atom. The number of aliphatic hydroxyl groups is 1. The number of furan rings is 1. The maximum absolute atomic E-state index is 9.96. The third-order valence-corrected chi connectivity index (χ3v) is 2.85. The van der Waals surface area contributed by atoms with Crippen LogP contribution in [0.5, 0.6) is 0 Å². The van der Waals surface area contributed by atoms with E-state index in [0.717, 1.165) is 11.3 Å². The van der Waals surface area contributed by atoms with Gasteiger partial charge in [0.05, 0.1) is 0 Å². The highest BCUT2D eigenvalue weighted by Gasteiger charge is 2.14. The van der Waals surface area contributed by atoms with Crippen LogP contribution >= 0.6 is 15.9 Å². The van der Waals surface area contributed by atoms with E-state index in [1.807, 2.05) is 19.1 Å². The van der Waals surface area contributed by atoms with E-state index in [0.29, 0.717) is 16.9 Å². The highest BCUT2D eigenvalue weighted by molar-refractivity contribution is 9.10. The minimum atomic E-state index is -0.653. The standard InChI is InChI=1S/C12H12BrNO2/c1-8-3-2-6-14-9(8)7-10(15)11-4-5-12(13)16-11/h2-6,10,15H,7H2,1H3. The van der Waals surface area contributed by atoms with Gasteiger partial charge in [-0.15, -0.1) is 0 Å². The molecule has 2 heterocycles. The molecule has 1 N–H and O–H groups in total. The van der Waals surface area contributed by atoms with Crippen LogP contribution in [0, 0.1) is 6.92 Å². The summed E-state index contributed by atoms with van der Waals surface area (Å²) in [7, 11) is 0. The van der Waals surface area contributed by atoms with E-state index in [2.05, 4.69) is 20.9 Å². The molecule has 0 aliphatic carbocycles. The average molecular weight is 282 g/mol. The van der Waals surface area contributed by atoms with Crippen LogP contribution in [-0.4, -0.2) is 10.1 Å². The number of rotatable bonds is 3. The number of pyridine rings is 1. The van der Waals surface area contributed by atoms with Crippen LogP contribution in [0.1, 0.15) is 23.1 Å². The molecule has 0 fully saturated rings. The topological polar surface area (TPSA) is 46.3 Å². The summed E-state index contributed by atoms with van der Waals surface area (Å²) in [5.74, 6) is 0.553. The van der Waals surface area contributed by atoms with Crippen molar-refractivity contribution in [2.45, 2.75) is 19.4 Å². The van der Waals surface area contributed by atoms with Crippen LogP contribution < -0.4 is 0 Å². The summed E-state index contributed by atoms with van der Waals surface area (Å²) in [6.45, 7) is 1.98. The van der Waals surface area contributed by atoms with Crippen molar-refractivity contribution in [1.82, 2.24) is 4.98 Å². The lowest BCUT2D eigenvalue weighted by atomic mass is 10.1. The minimum absolute atomic E-state index is 0.465. The van der Waals surface area contributed by atoms with Crippen molar-refractivity contribution < 1.29 is 9.52 Å². The van der Waals surface area contributed by atoms with E-state index in [1.54, 1.807) is 18.3 Å². The van der Waals surface area contributed by atoms with E-state index in [4.69, 9.17) is 4.42 Å². The highest BCUT2D eigenvalue weighted by Crippen LogP contribution is 2.23. The highest BCUT2D eigenvalue weighted by atomic mass is 79.9. The number of halogens is 1. The van der Waals surface area contributed by atoms with Gasteiger partial charge < -0.3 is 9.52 Å². The largest absolute Gasteiger partial charge is 0.452 e. The van der Waals surface area contributed by atoms with Crippen molar-refractivity contribution in [2.75, 3.05) is 0 Å². The lowest BCUT2D eigenvalue weighted by Gasteiger charge is -2.08. The van der Waals surface area contributed by atoms with Gasteiger partial charge in [0.1, 0.15) is 11.9 Å². The number of aromatic nitrogens is 1. The molecule has 4 heteroatoms. The minimum Gasteiger partial charge on any atom is -0.452 e. The molecular formula is C12H12BrNO2. The quantitative estimate of drug-likeness (QED) is 0.941. The molecule has 0 spiro atoms. The maximum atomic E-state index is 9.96. The SMILES string of the molecule is Cc1cccnc1CC(O)c1ccc(Br)o1. The molecule has 0 aromatic carbocycles. The van der Waals surface area contributed by atoms with Crippen molar-refractivity contribution >= 4 is 15.9 Å². The summed E-state index contributed by atoms with van der Waals surface area (Å²) >= 11 is 3.21. The smallest absolute Gasteiger partial charge is 0.169 e. The van der Waals surface area contributed by atoms with E-state index in [1.165, 1.54) is 0 Å². The van der Waals surface area contributed by atoms with Gasteiger partial charge in [-0.25, -0.2) is 0 Å². The zero-order valence-corrected chi connectivity index (χ0v) is 10.4. The first kappa shape index (κ1) is 11.4. The number of aliphatic hydroxyl groups excluding tert-OH is 1. The Kier molecular flexibility index (Phi) is 3.41. The fraction of sp³-hybridized carbons (Fsp3) is 0.250. The molecule has 2 aromatic heterocycles. The second-order valence-electron chi connectivity index (χ2n) is 3.63. The van der Waals surface area contributed by atoms with Crippen molar-refractivity contribution in [3.05, 3.63) is 52.1 Å².